The van der Waals surface area contributed by atoms with E-state index in [0.717, 1.165) is 12.1 Å². The second-order valence-corrected chi connectivity index (χ2v) is 4.83. The van der Waals surface area contributed by atoms with Gasteiger partial charge in [-0.3, -0.25) is 4.68 Å². The summed E-state index contributed by atoms with van der Waals surface area (Å²) in [5.74, 6) is 0. The van der Waals surface area contributed by atoms with Crippen LogP contribution in [0.15, 0.2) is 36.7 Å². The molecule has 0 fully saturated rings. The van der Waals surface area contributed by atoms with E-state index in [4.69, 9.17) is 5.73 Å². The van der Waals surface area contributed by atoms with Gasteiger partial charge in [0.05, 0.1) is 12.2 Å². The van der Waals surface area contributed by atoms with E-state index in [1.165, 1.54) is 11.3 Å². The van der Waals surface area contributed by atoms with Crippen LogP contribution in [0.5, 0.6) is 0 Å². The molecular formula is C15H22N4. The summed E-state index contributed by atoms with van der Waals surface area (Å²) in [5, 5.41) is 4.33. The highest BCUT2D eigenvalue weighted by Gasteiger charge is 2.17. The van der Waals surface area contributed by atoms with Gasteiger partial charge in [-0.05, 0) is 26.0 Å². The Labute approximate surface area is 114 Å². The molecule has 19 heavy (non-hydrogen) atoms. The predicted molar refractivity (Wildman–Crippen MR) is 79.3 cm³/mol. The molecular weight excluding hydrogens is 236 g/mol. The number of hydrogen-bond donors (Lipinski definition) is 1. The standard InChI is InChI=1S/C15H22N4/c1-4-19-11-13(10-17-19)15(9-16)18(3)14-7-5-12(2)6-8-14/h5-8,10-11,15H,4,9,16H2,1-3H3. The van der Waals surface area contributed by atoms with E-state index in [0.29, 0.717) is 6.54 Å². The number of likely N-dealkylation sites (N-methyl/N-ethyl adjacent to an activating group) is 1. The normalized spacial score (nSPS) is 12.4. The van der Waals surface area contributed by atoms with Crippen LogP contribution in [0.1, 0.15) is 24.1 Å². The van der Waals surface area contributed by atoms with Gasteiger partial charge >= 0.3 is 0 Å². The zero-order valence-corrected chi connectivity index (χ0v) is 11.9. The number of nitrogens with zero attached hydrogens (tertiary/aromatic N) is 3. The SMILES string of the molecule is CCn1cc(C(CN)N(C)c2ccc(C)cc2)cn1. The lowest BCUT2D eigenvalue weighted by molar-refractivity contribution is 0.651. The Hall–Kier alpha value is -1.81. The molecule has 0 aliphatic heterocycles. The molecule has 0 saturated heterocycles. The van der Waals surface area contributed by atoms with Crippen molar-refractivity contribution in [3.8, 4) is 0 Å². The van der Waals surface area contributed by atoms with Crippen LogP contribution < -0.4 is 10.6 Å². The Morgan fingerprint density at radius 3 is 2.53 bits per heavy atom. The highest BCUT2D eigenvalue weighted by molar-refractivity contribution is 5.49. The lowest BCUT2D eigenvalue weighted by atomic mass is 10.1. The maximum Gasteiger partial charge on any atom is 0.0692 e. The maximum absolute atomic E-state index is 5.94. The van der Waals surface area contributed by atoms with E-state index in [9.17, 15) is 0 Å². The Morgan fingerprint density at radius 1 is 1.32 bits per heavy atom. The molecule has 1 unspecified atom stereocenters. The van der Waals surface area contributed by atoms with Crippen molar-refractivity contribution < 1.29 is 0 Å². The molecule has 2 rings (SSSR count). The van der Waals surface area contributed by atoms with Gasteiger partial charge < -0.3 is 10.6 Å². The van der Waals surface area contributed by atoms with Crippen LogP contribution in [-0.4, -0.2) is 23.4 Å². The Balaban J connectivity index is 2.23. The van der Waals surface area contributed by atoms with Crippen molar-refractivity contribution in [2.24, 2.45) is 5.73 Å². The number of aromatic nitrogens is 2. The summed E-state index contributed by atoms with van der Waals surface area (Å²) >= 11 is 0. The number of nitrogens with two attached hydrogens (primary N) is 1. The zero-order chi connectivity index (χ0) is 13.8. The first-order valence-corrected chi connectivity index (χ1v) is 6.67. The third-order valence-corrected chi connectivity index (χ3v) is 3.49. The number of hydrogen-bond acceptors (Lipinski definition) is 3. The fourth-order valence-electron chi connectivity index (χ4n) is 2.20. The van der Waals surface area contributed by atoms with Crippen LogP contribution in [-0.2, 0) is 6.54 Å². The summed E-state index contributed by atoms with van der Waals surface area (Å²) in [7, 11) is 2.07. The smallest absolute Gasteiger partial charge is 0.0692 e. The highest BCUT2D eigenvalue weighted by atomic mass is 15.3. The van der Waals surface area contributed by atoms with Crippen LogP contribution in [0.4, 0.5) is 5.69 Å². The minimum absolute atomic E-state index is 0.156. The molecule has 4 heteroatoms. The molecule has 0 aliphatic rings. The quantitative estimate of drug-likeness (QED) is 0.895. The lowest BCUT2D eigenvalue weighted by Crippen LogP contribution is -2.30. The van der Waals surface area contributed by atoms with Crippen LogP contribution in [0.3, 0.4) is 0 Å². The first kappa shape index (κ1) is 13.6. The average molecular weight is 258 g/mol. The van der Waals surface area contributed by atoms with Gasteiger partial charge in [-0.1, -0.05) is 17.7 Å². The van der Waals surface area contributed by atoms with Crippen molar-refractivity contribution >= 4 is 5.69 Å². The third-order valence-electron chi connectivity index (χ3n) is 3.49. The molecule has 4 nitrogen and oxygen atoms in total. The molecule has 0 aliphatic carbocycles. The third kappa shape index (κ3) is 2.96. The van der Waals surface area contributed by atoms with E-state index in [1.807, 2.05) is 10.9 Å². The largest absolute Gasteiger partial charge is 0.366 e. The second-order valence-electron chi connectivity index (χ2n) is 4.83. The molecule has 1 aromatic heterocycles. The summed E-state index contributed by atoms with van der Waals surface area (Å²) < 4.78 is 1.93. The molecule has 2 aromatic rings. The van der Waals surface area contributed by atoms with Crippen molar-refractivity contribution in [2.45, 2.75) is 26.4 Å². The Bertz CT molecular complexity index is 515. The zero-order valence-electron chi connectivity index (χ0n) is 11.9. The minimum Gasteiger partial charge on any atom is -0.366 e. The number of anilines is 1. The lowest BCUT2D eigenvalue weighted by Gasteiger charge is -2.28. The van der Waals surface area contributed by atoms with Crippen molar-refractivity contribution in [2.75, 3.05) is 18.5 Å². The highest BCUT2D eigenvalue weighted by Crippen LogP contribution is 2.24. The van der Waals surface area contributed by atoms with E-state index in [1.54, 1.807) is 0 Å². The topological polar surface area (TPSA) is 47.1 Å². The van der Waals surface area contributed by atoms with Crippen molar-refractivity contribution in [3.05, 3.63) is 47.8 Å². The van der Waals surface area contributed by atoms with Gasteiger partial charge in [0.15, 0.2) is 0 Å². The number of aryl methyl sites for hydroxylation is 2. The van der Waals surface area contributed by atoms with Gasteiger partial charge in [0.1, 0.15) is 0 Å². The van der Waals surface area contributed by atoms with Crippen molar-refractivity contribution in [1.29, 1.82) is 0 Å². The molecule has 0 amide bonds. The van der Waals surface area contributed by atoms with E-state index >= 15 is 0 Å². The molecule has 1 heterocycles. The van der Waals surface area contributed by atoms with Gasteiger partial charge in [0, 0.05) is 37.6 Å². The molecule has 102 valence electrons. The van der Waals surface area contributed by atoms with Gasteiger partial charge in [-0.2, -0.15) is 5.10 Å². The second kappa shape index (κ2) is 5.89. The fourth-order valence-corrected chi connectivity index (χ4v) is 2.20. The van der Waals surface area contributed by atoms with Crippen LogP contribution >= 0.6 is 0 Å². The number of benzene rings is 1. The van der Waals surface area contributed by atoms with E-state index in [2.05, 4.69) is 61.4 Å². The first-order valence-electron chi connectivity index (χ1n) is 6.67. The Kier molecular flexibility index (Phi) is 4.22. The number of rotatable bonds is 5. The molecule has 0 spiro atoms. The molecule has 1 aromatic carbocycles. The average Bonchev–Trinajstić information content (AvgIpc) is 2.89. The summed E-state index contributed by atoms with van der Waals surface area (Å²) in [4.78, 5) is 2.20. The summed E-state index contributed by atoms with van der Waals surface area (Å²) in [6.07, 6.45) is 3.98. The maximum atomic E-state index is 5.94. The van der Waals surface area contributed by atoms with Gasteiger partial charge in [-0.15, -0.1) is 0 Å². The summed E-state index contributed by atoms with van der Waals surface area (Å²) in [6, 6.07) is 8.65. The van der Waals surface area contributed by atoms with Gasteiger partial charge in [0.25, 0.3) is 0 Å². The molecule has 1 atom stereocenters. The van der Waals surface area contributed by atoms with E-state index < -0.39 is 0 Å². The monoisotopic (exact) mass is 258 g/mol. The van der Waals surface area contributed by atoms with Crippen molar-refractivity contribution in [1.82, 2.24) is 9.78 Å². The van der Waals surface area contributed by atoms with Crippen LogP contribution in [0.25, 0.3) is 0 Å². The van der Waals surface area contributed by atoms with E-state index in [-0.39, 0.29) is 6.04 Å². The fraction of sp³-hybridized carbons (Fsp3) is 0.400. The van der Waals surface area contributed by atoms with Crippen LogP contribution in [0, 0.1) is 6.92 Å². The first-order chi connectivity index (χ1) is 9.15. The minimum atomic E-state index is 0.156. The van der Waals surface area contributed by atoms with Crippen molar-refractivity contribution in [3.63, 3.8) is 0 Å². The van der Waals surface area contributed by atoms with Crippen LogP contribution in [0.2, 0.25) is 0 Å². The molecule has 2 N–H and O–H groups in total. The summed E-state index contributed by atoms with van der Waals surface area (Å²) in [6.45, 7) is 5.62. The molecule has 0 bridgehead atoms. The molecule has 0 saturated carbocycles. The predicted octanol–water partition coefficient (Wildman–Crippen LogP) is 2.35. The van der Waals surface area contributed by atoms with Gasteiger partial charge in [-0.25, -0.2) is 0 Å². The molecule has 0 radical (unpaired) electrons. The Morgan fingerprint density at radius 2 is 2.00 bits per heavy atom. The summed E-state index contributed by atoms with van der Waals surface area (Å²) in [5.41, 5.74) is 9.54. The van der Waals surface area contributed by atoms with Gasteiger partial charge in [0.2, 0.25) is 0 Å².